The van der Waals surface area contributed by atoms with Gasteiger partial charge in [-0.15, -0.1) is 0 Å². The van der Waals surface area contributed by atoms with E-state index in [4.69, 9.17) is 10.2 Å². The molecule has 1 aromatic heterocycles. The Bertz CT molecular complexity index is 503. The van der Waals surface area contributed by atoms with E-state index < -0.39 is 5.91 Å². The SMILES string of the molecule is NC(=O)c1ccc(CNC(=O)CC2=CCCCC2)o1. The van der Waals surface area contributed by atoms with Crippen LogP contribution >= 0.6 is 0 Å². The molecule has 0 bridgehead atoms. The number of hydrogen-bond acceptors (Lipinski definition) is 3. The zero-order valence-electron chi connectivity index (χ0n) is 10.8. The van der Waals surface area contributed by atoms with E-state index in [1.54, 1.807) is 6.07 Å². The van der Waals surface area contributed by atoms with Crippen LogP contribution in [0, 0.1) is 0 Å². The van der Waals surface area contributed by atoms with E-state index in [1.165, 1.54) is 24.5 Å². The molecule has 0 unspecified atom stereocenters. The van der Waals surface area contributed by atoms with Crippen LogP contribution in [0.2, 0.25) is 0 Å². The van der Waals surface area contributed by atoms with Gasteiger partial charge in [0.15, 0.2) is 5.76 Å². The predicted octanol–water partition coefficient (Wildman–Crippen LogP) is 1.89. The topological polar surface area (TPSA) is 85.3 Å². The van der Waals surface area contributed by atoms with Gasteiger partial charge in [0.1, 0.15) is 5.76 Å². The number of primary amides is 1. The first-order chi connectivity index (χ1) is 9.15. The molecule has 0 aliphatic heterocycles. The van der Waals surface area contributed by atoms with E-state index in [1.807, 2.05) is 0 Å². The first kappa shape index (κ1) is 13.4. The minimum absolute atomic E-state index is 0.0230. The van der Waals surface area contributed by atoms with Gasteiger partial charge in [-0.1, -0.05) is 11.6 Å². The van der Waals surface area contributed by atoms with Crippen molar-refractivity contribution in [3.05, 3.63) is 35.3 Å². The van der Waals surface area contributed by atoms with Crippen molar-refractivity contribution in [1.82, 2.24) is 5.32 Å². The van der Waals surface area contributed by atoms with E-state index in [0.717, 1.165) is 12.8 Å². The largest absolute Gasteiger partial charge is 0.454 e. The number of hydrogen-bond donors (Lipinski definition) is 2. The molecule has 5 heteroatoms. The van der Waals surface area contributed by atoms with Crippen molar-refractivity contribution < 1.29 is 14.0 Å². The normalized spacial score (nSPS) is 14.8. The Kier molecular flexibility index (Phi) is 4.39. The molecule has 1 aromatic rings. The maximum atomic E-state index is 11.7. The number of amides is 2. The molecule has 3 N–H and O–H groups in total. The molecule has 0 fully saturated rings. The van der Waals surface area contributed by atoms with Gasteiger partial charge in [0.05, 0.1) is 6.54 Å². The molecule has 0 aromatic carbocycles. The molecule has 0 saturated carbocycles. The zero-order valence-corrected chi connectivity index (χ0v) is 10.8. The lowest BCUT2D eigenvalue weighted by molar-refractivity contribution is -0.120. The predicted molar refractivity (Wildman–Crippen MR) is 70.2 cm³/mol. The Hall–Kier alpha value is -2.04. The molecular formula is C14H18N2O3. The number of furan rings is 1. The van der Waals surface area contributed by atoms with Crippen LogP contribution in [0.25, 0.3) is 0 Å². The lowest BCUT2D eigenvalue weighted by Crippen LogP contribution is -2.23. The van der Waals surface area contributed by atoms with Crippen molar-refractivity contribution in [2.75, 3.05) is 0 Å². The van der Waals surface area contributed by atoms with Crippen LogP contribution in [-0.2, 0) is 11.3 Å². The summed E-state index contributed by atoms with van der Waals surface area (Å²) in [6, 6.07) is 3.15. The first-order valence-corrected chi connectivity index (χ1v) is 6.48. The zero-order chi connectivity index (χ0) is 13.7. The molecule has 1 heterocycles. The fraction of sp³-hybridized carbons (Fsp3) is 0.429. The maximum absolute atomic E-state index is 11.7. The molecule has 0 radical (unpaired) electrons. The Morgan fingerprint density at radius 3 is 2.79 bits per heavy atom. The summed E-state index contributed by atoms with van der Waals surface area (Å²) < 4.78 is 5.18. The van der Waals surface area contributed by atoms with Gasteiger partial charge in [0.25, 0.3) is 5.91 Å². The number of nitrogens with two attached hydrogens (primary N) is 1. The number of carbonyl (C=O) groups is 2. The molecule has 2 rings (SSSR count). The summed E-state index contributed by atoms with van der Waals surface area (Å²) in [5.41, 5.74) is 6.29. The van der Waals surface area contributed by atoms with E-state index >= 15 is 0 Å². The van der Waals surface area contributed by atoms with Crippen LogP contribution in [0.1, 0.15) is 48.4 Å². The van der Waals surface area contributed by atoms with Crippen molar-refractivity contribution in [2.24, 2.45) is 5.73 Å². The molecule has 0 spiro atoms. The summed E-state index contributed by atoms with van der Waals surface area (Å²) >= 11 is 0. The summed E-state index contributed by atoms with van der Waals surface area (Å²) in [5, 5.41) is 2.77. The molecular weight excluding hydrogens is 244 g/mol. The number of nitrogens with one attached hydrogen (secondary N) is 1. The fourth-order valence-corrected chi connectivity index (χ4v) is 2.12. The second kappa shape index (κ2) is 6.22. The van der Waals surface area contributed by atoms with Crippen molar-refractivity contribution in [3.8, 4) is 0 Å². The minimum Gasteiger partial charge on any atom is -0.454 e. The summed E-state index contributed by atoms with van der Waals surface area (Å²) in [4.78, 5) is 22.6. The van der Waals surface area contributed by atoms with Gasteiger partial charge in [-0.25, -0.2) is 0 Å². The standard InChI is InChI=1S/C14H18N2O3/c15-14(18)12-7-6-11(19-12)9-16-13(17)8-10-4-2-1-3-5-10/h4,6-7H,1-3,5,8-9H2,(H2,15,18)(H,16,17). The summed E-state index contributed by atoms with van der Waals surface area (Å²) in [6.45, 7) is 0.277. The highest BCUT2D eigenvalue weighted by molar-refractivity contribution is 5.89. The van der Waals surface area contributed by atoms with E-state index in [0.29, 0.717) is 12.2 Å². The molecule has 19 heavy (non-hydrogen) atoms. The second-order valence-electron chi connectivity index (χ2n) is 4.69. The third-order valence-electron chi connectivity index (χ3n) is 3.14. The second-order valence-corrected chi connectivity index (χ2v) is 4.69. The van der Waals surface area contributed by atoms with E-state index in [9.17, 15) is 9.59 Å². The molecule has 0 saturated heterocycles. The summed E-state index contributed by atoms with van der Waals surface area (Å²) in [5.74, 6) is 0.00845. The smallest absolute Gasteiger partial charge is 0.284 e. The molecule has 0 atom stereocenters. The quantitative estimate of drug-likeness (QED) is 0.794. The lowest BCUT2D eigenvalue weighted by atomic mass is 9.97. The summed E-state index contributed by atoms with van der Waals surface area (Å²) in [7, 11) is 0. The molecule has 5 nitrogen and oxygen atoms in total. The van der Waals surface area contributed by atoms with Crippen molar-refractivity contribution in [3.63, 3.8) is 0 Å². The van der Waals surface area contributed by atoms with Gasteiger partial charge in [-0.05, 0) is 37.8 Å². The lowest BCUT2D eigenvalue weighted by Gasteiger charge is -2.12. The van der Waals surface area contributed by atoms with Gasteiger partial charge in [0, 0.05) is 6.42 Å². The third-order valence-corrected chi connectivity index (χ3v) is 3.14. The van der Waals surface area contributed by atoms with Crippen LogP contribution < -0.4 is 11.1 Å². The van der Waals surface area contributed by atoms with Crippen molar-refractivity contribution in [2.45, 2.75) is 38.6 Å². The fourth-order valence-electron chi connectivity index (χ4n) is 2.12. The molecule has 1 aliphatic carbocycles. The van der Waals surface area contributed by atoms with Crippen LogP contribution in [-0.4, -0.2) is 11.8 Å². The Morgan fingerprint density at radius 1 is 1.32 bits per heavy atom. The Morgan fingerprint density at radius 2 is 2.16 bits per heavy atom. The van der Waals surface area contributed by atoms with Gasteiger partial charge >= 0.3 is 0 Å². The van der Waals surface area contributed by atoms with Gasteiger partial charge in [0.2, 0.25) is 5.91 Å². The highest BCUT2D eigenvalue weighted by Gasteiger charge is 2.11. The number of carbonyl (C=O) groups excluding carboxylic acids is 2. The van der Waals surface area contributed by atoms with Crippen LogP contribution in [0.3, 0.4) is 0 Å². The highest BCUT2D eigenvalue weighted by Crippen LogP contribution is 2.19. The Balaban J connectivity index is 1.79. The van der Waals surface area contributed by atoms with E-state index in [-0.39, 0.29) is 18.2 Å². The molecule has 2 amide bonds. The van der Waals surface area contributed by atoms with Crippen molar-refractivity contribution in [1.29, 1.82) is 0 Å². The highest BCUT2D eigenvalue weighted by atomic mass is 16.4. The van der Waals surface area contributed by atoms with Gasteiger partial charge in [-0.2, -0.15) is 0 Å². The number of allylic oxidation sites excluding steroid dienone is 1. The third kappa shape index (κ3) is 3.98. The van der Waals surface area contributed by atoms with Crippen LogP contribution in [0.5, 0.6) is 0 Å². The van der Waals surface area contributed by atoms with Crippen LogP contribution in [0.4, 0.5) is 0 Å². The first-order valence-electron chi connectivity index (χ1n) is 6.48. The molecule has 102 valence electrons. The average Bonchev–Trinajstić information content (AvgIpc) is 2.86. The molecule has 1 aliphatic rings. The van der Waals surface area contributed by atoms with Gasteiger partial charge in [-0.3, -0.25) is 9.59 Å². The minimum atomic E-state index is -0.607. The Labute approximate surface area is 111 Å². The maximum Gasteiger partial charge on any atom is 0.284 e. The monoisotopic (exact) mass is 262 g/mol. The van der Waals surface area contributed by atoms with E-state index in [2.05, 4.69) is 11.4 Å². The van der Waals surface area contributed by atoms with Crippen molar-refractivity contribution >= 4 is 11.8 Å². The summed E-state index contributed by atoms with van der Waals surface area (Å²) in [6.07, 6.45) is 7.07. The van der Waals surface area contributed by atoms with Gasteiger partial charge < -0.3 is 15.5 Å². The average molecular weight is 262 g/mol. The number of rotatable bonds is 5. The van der Waals surface area contributed by atoms with Crippen LogP contribution in [0.15, 0.2) is 28.2 Å².